The zero-order chi connectivity index (χ0) is 15.8. The maximum absolute atomic E-state index is 12.0. The molecule has 0 atom stereocenters. The first-order chi connectivity index (χ1) is 11.3. The normalized spacial score (nSPS) is 18.2. The minimum absolute atomic E-state index is 0.0592. The van der Waals surface area contributed by atoms with Crippen LogP contribution < -0.4 is 15.0 Å². The van der Waals surface area contributed by atoms with Gasteiger partial charge in [-0.1, -0.05) is 11.3 Å². The summed E-state index contributed by atoms with van der Waals surface area (Å²) in [6.07, 6.45) is 3.76. The monoisotopic (exact) mass is 334 g/mol. The van der Waals surface area contributed by atoms with Crippen LogP contribution in [0.5, 0.6) is 5.88 Å². The molecule has 2 aliphatic rings. The third-order valence-electron chi connectivity index (χ3n) is 4.09. The summed E-state index contributed by atoms with van der Waals surface area (Å²) in [6, 6.07) is 0. The van der Waals surface area contributed by atoms with E-state index < -0.39 is 0 Å². The number of carbonyl (C=O) groups is 1. The molecule has 1 saturated carbocycles. The molecule has 0 aromatic carbocycles. The summed E-state index contributed by atoms with van der Waals surface area (Å²) >= 11 is 1.48. The van der Waals surface area contributed by atoms with Crippen LogP contribution in [0.4, 0.5) is 10.8 Å². The minimum atomic E-state index is 0.0592. The van der Waals surface area contributed by atoms with E-state index in [9.17, 15) is 4.79 Å². The fourth-order valence-electron chi connectivity index (χ4n) is 2.66. The lowest BCUT2D eigenvalue weighted by Gasteiger charge is -2.28. The van der Waals surface area contributed by atoms with E-state index in [0.29, 0.717) is 29.7 Å². The summed E-state index contributed by atoms with van der Waals surface area (Å²) in [6.45, 7) is 3.06. The molecule has 1 amide bonds. The van der Waals surface area contributed by atoms with E-state index in [1.54, 1.807) is 7.11 Å². The Hall–Kier alpha value is -1.93. The van der Waals surface area contributed by atoms with Crippen molar-refractivity contribution in [1.29, 1.82) is 0 Å². The molecule has 1 aliphatic carbocycles. The molecular weight excluding hydrogens is 316 g/mol. The molecule has 1 aliphatic heterocycles. The van der Waals surface area contributed by atoms with Crippen molar-refractivity contribution in [2.75, 3.05) is 43.6 Å². The van der Waals surface area contributed by atoms with Gasteiger partial charge in [-0.2, -0.15) is 0 Å². The molecule has 23 heavy (non-hydrogen) atoms. The van der Waals surface area contributed by atoms with Crippen LogP contribution in [0.3, 0.4) is 0 Å². The first-order valence-electron chi connectivity index (χ1n) is 7.73. The lowest BCUT2D eigenvalue weighted by molar-refractivity contribution is -0.117. The average Bonchev–Trinajstić information content (AvgIpc) is 3.35. The van der Waals surface area contributed by atoms with Gasteiger partial charge in [0.2, 0.25) is 11.8 Å². The smallest absolute Gasteiger partial charge is 0.241 e. The van der Waals surface area contributed by atoms with Gasteiger partial charge in [0.25, 0.3) is 0 Å². The molecular formula is C15H18N4O3S. The van der Waals surface area contributed by atoms with Crippen molar-refractivity contribution in [1.82, 2.24) is 9.97 Å². The number of aromatic nitrogens is 2. The van der Waals surface area contributed by atoms with Crippen LogP contribution in [-0.2, 0) is 9.53 Å². The number of amides is 1. The van der Waals surface area contributed by atoms with Gasteiger partial charge in [-0.25, -0.2) is 9.97 Å². The Bertz CT molecular complexity index is 738. The Morgan fingerprint density at radius 3 is 2.91 bits per heavy atom. The fourth-order valence-corrected chi connectivity index (χ4v) is 3.66. The topological polar surface area (TPSA) is 76.6 Å². The van der Waals surface area contributed by atoms with Crippen LogP contribution in [0.1, 0.15) is 12.8 Å². The molecule has 2 aromatic rings. The molecule has 3 heterocycles. The van der Waals surface area contributed by atoms with Gasteiger partial charge in [-0.05, 0) is 12.8 Å². The Kier molecular flexibility index (Phi) is 3.78. The highest BCUT2D eigenvalue weighted by molar-refractivity contribution is 7.23. The number of methoxy groups -OCH3 is 1. The minimum Gasteiger partial charge on any atom is -0.479 e. The number of fused-ring (bicyclic) bond motifs is 1. The Balaban J connectivity index is 1.71. The quantitative estimate of drug-likeness (QED) is 0.920. The zero-order valence-electron chi connectivity index (χ0n) is 12.9. The van der Waals surface area contributed by atoms with Gasteiger partial charge in [-0.15, -0.1) is 0 Å². The molecule has 4 rings (SSSR count). The Labute approximate surface area is 137 Å². The molecule has 0 radical (unpaired) electrons. The van der Waals surface area contributed by atoms with Crippen LogP contribution in [-0.4, -0.2) is 49.3 Å². The van der Waals surface area contributed by atoms with Crippen molar-refractivity contribution < 1.29 is 14.3 Å². The highest BCUT2D eigenvalue weighted by Gasteiger charge is 2.30. The van der Waals surface area contributed by atoms with Crippen LogP contribution in [0, 0.1) is 5.92 Å². The van der Waals surface area contributed by atoms with Crippen LogP contribution in [0.2, 0.25) is 0 Å². The van der Waals surface area contributed by atoms with E-state index >= 15 is 0 Å². The van der Waals surface area contributed by atoms with Crippen molar-refractivity contribution in [3.8, 4) is 5.88 Å². The SMILES string of the molecule is COc1ncc(N2CCOCC2)c2sc(NC(=O)C3CC3)nc12. The molecule has 1 N–H and O–H groups in total. The summed E-state index contributed by atoms with van der Waals surface area (Å²) in [5.74, 6) is 0.699. The van der Waals surface area contributed by atoms with Crippen molar-refractivity contribution in [2.45, 2.75) is 12.8 Å². The van der Waals surface area contributed by atoms with Crippen LogP contribution in [0.25, 0.3) is 10.2 Å². The third kappa shape index (κ3) is 2.84. The number of nitrogens with zero attached hydrogens (tertiary/aromatic N) is 3. The van der Waals surface area contributed by atoms with Gasteiger partial charge in [0, 0.05) is 19.0 Å². The third-order valence-corrected chi connectivity index (χ3v) is 5.08. The van der Waals surface area contributed by atoms with E-state index in [4.69, 9.17) is 9.47 Å². The molecule has 2 fully saturated rings. The van der Waals surface area contributed by atoms with Crippen molar-refractivity contribution >= 4 is 38.3 Å². The van der Waals surface area contributed by atoms with Gasteiger partial charge in [0.1, 0.15) is 5.52 Å². The first kappa shape index (κ1) is 14.6. The number of hydrogen-bond donors (Lipinski definition) is 1. The van der Waals surface area contributed by atoms with Crippen molar-refractivity contribution in [3.63, 3.8) is 0 Å². The number of morpholine rings is 1. The molecule has 7 nitrogen and oxygen atoms in total. The number of rotatable bonds is 4. The number of hydrogen-bond acceptors (Lipinski definition) is 7. The largest absolute Gasteiger partial charge is 0.479 e. The van der Waals surface area contributed by atoms with E-state index in [2.05, 4.69) is 20.2 Å². The number of thiazole rings is 1. The van der Waals surface area contributed by atoms with E-state index in [1.165, 1.54) is 11.3 Å². The summed E-state index contributed by atoms with van der Waals surface area (Å²) in [5, 5.41) is 3.53. The van der Waals surface area contributed by atoms with E-state index in [0.717, 1.165) is 36.3 Å². The molecule has 8 heteroatoms. The molecule has 0 unspecified atom stereocenters. The fraction of sp³-hybridized carbons (Fsp3) is 0.533. The van der Waals surface area contributed by atoms with Crippen LogP contribution >= 0.6 is 11.3 Å². The highest BCUT2D eigenvalue weighted by atomic mass is 32.1. The summed E-state index contributed by atoms with van der Waals surface area (Å²) in [5.41, 5.74) is 1.72. The van der Waals surface area contributed by atoms with Crippen molar-refractivity contribution in [3.05, 3.63) is 6.20 Å². The standard InChI is InChI=1S/C15H18N4O3S/c1-21-14-11-12(10(8-16-14)19-4-6-22-7-5-19)23-15(17-11)18-13(20)9-2-3-9/h8-9H,2-7H2,1H3,(H,17,18,20). The lowest BCUT2D eigenvalue weighted by atomic mass is 10.3. The number of carbonyl (C=O) groups excluding carboxylic acids is 1. The van der Waals surface area contributed by atoms with Crippen molar-refractivity contribution in [2.24, 2.45) is 5.92 Å². The number of pyridine rings is 1. The predicted molar refractivity (Wildman–Crippen MR) is 88.4 cm³/mol. The van der Waals surface area contributed by atoms with Gasteiger partial charge in [-0.3, -0.25) is 4.79 Å². The van der Waals surface area contributed by atoms with Gasteiger partial charge in [0.05, 0.1) is 36.9 Å². The second-order valence-electron chi connectivity index (χ2n) is 5.71. The second-order valence-corrected chi connectivity index (χ2v) is 6.71. The first-order valence-corrected chi connectivity index (χ1v) is 8.55. The van der Waals surface area contributed by atoms with E-state index in [-0.39, 0.29) is 11.8 Å². The van der Waals surface area contributed by atoms with Gasteiger partial charge in [0.15, 0.2) is 5.13 Å². The summed E-state index contributed by atoms with van der Waals surface area (Å²) in [7, 11) is 1.58. The predicted octanol–water partition coefficient (Wildman–Crippen LogP) is 1.89. The Morgan fingerprint density at radius 1 is 1.43 bits per heavy atom. The molecule has 0 spiro atoms. The maximum Gasteiger partial charge on any atom is 0.241 e. The van der Waals surface area contributed by atoms with Gasteiger partial charge >= 0.3 is 0 Å². The average molecular weight is 334 g/mol. The lowest BCUT2D eigenvalue weighted by Crippen LogP contribution is -2.36. The number of anilines is 2. The second kappa shape index (κ2) is 5.93. The summed E-state index contributed by atoms with van der Waals surface area (Å²) < 4.78 is 11.7. The van der Waals surface area contributed by atoms with Gasteiger partial charge < -0.3 is 19.7 Å². The molecule has 0 bridgehead atoms. The molecule has 2 aromatic heterocycles. The number of ether oxygens (including phenoxy) is 2. The maximum atomic E-state index is 12.0. The summed E-state index contributed by atoms with van der Waals surface area (Å²) in [4.78, 5) is 23.1. The van der Waals surface area contributed by atoms with Crippen LogP contribution in [0.15, 0.2) is 6.20 Å². The van der Waals surface area contributed by atoms with E-state index in [1.807, 2.05) is 6.20 Å². The number of nitrogens with one attached hydrogen (secondary N) is 1. The molecule has 122 valence electrons. The highest BCUT2D eigenvalue weighted by Crippen LogP contribution is 2.39. The Morgan fingerprint density at radius 2 is 2.22 bits per heavy atom. The zero-order valence-corrected chi connectivity index (χ0v) is 13.7. The molecule has 1 saturated heterocycles.